The number of piperazine rings is 1. The lowest BCUT2D eigenvalue weighted by atomic mass is 9.57. The first kappa shape index (κ1) is 34.2. The molecule has 1 spiro atoms. The summed E-state index contributed by atoms with van der Waals surface area (Å²) in [4.78, 5) is 22.8. The molecule has 0 bridgehead atoms. The number of likely N-dealkylation sites (tertiary alicyclic amines) is 1. The standard InChI is InChI=1S/C40H60N6O2/c1-4-37(47)45-23-22-44(27-32(45)18-20-41)38-35-17-19-40(24-29(2)34-16-10-9-12-30(34)25-40)26-36(35)42-39(48-28-33-15-11-21-43(33)3)46(38)31-13-7-5-6-8-14-31/h4,9-10,12,16,29,31-33,35-36,38-39,42H,1,5-8,11,13-15,17-19,21-28H2,2-3H3/t29?,32?,33?,35?,36?,38?,39?,40-/m1/s1. The molecule has 0 radical (unpaired) electrons. The summed E-state index contributed by atoms with van der Waals surface area (Å²) in [5, 5.41) is 14.1. The number of hydrogen-bond acceptors (Lipinski definition) is 7. The van der Waals surface area contributed by atoms with Gasteiger partial charge in [0.2, 0.25) is 5.91 Å². The molecule has 1 N–H and O–H groups in total. The van der Waals surface area contributed by atoms with Crippen LogP contribution in [0.25, 0.3) is 0 Å². The van der Waals surface area contributed by atoms with Crippen LogP contribution >= 0.6 is 0 Å². The first-order valence-corrected chi connectivity index (χ1v) is 19.4. The number of hydrogen-bond donors (Lipinski definition) is 1. The van der Waals surface area contributed by atoms with Crippen LogP contribution in [-0.4, -0.2) is 102 Å². The number of rotatable bonds is 7. The first-order valence-electron chi connectivity index (χ1n) is 19.4. The number of ether oxygens (including phenoxy) is 1. The third-order valence-electron chi connectivity index (χ3n) is 13.4. The fourth-order valence-corrected chi connectivity index (χ4v) is 11.1. The van der Waals surface area contributed by atoms with Crippen LogP contribution in [0.2, 0.25) is 0 Å². The van der Waals surface area contributed by atoms with Gasteiger partial charge in [-0.2, -0.15) is 5.26 Å². The van der Waals surface area contributed by atoms with Gasteiger partial charge in [0.1, 0.15) is 0 Å². The normalized spacial score (nSPS) is 37.0. The predicted octanol–water partition coefficient (Wildman–Crippen LogP) is 5.85. The molecule has 0 aromatic heterocycles. The minimum atomic E-state index is -0.126. The number of benzene rings is 1. The van der Waals surface area contributed by atoms with E-state index in [0.717, 1.165) is 26.2 Å². The van der Waals surface area contributed by atoms with Crippen molar-refractivity contribution in [3.8, 4) is 6.07 Å². The number of likely N-dealkylation sites (N-methyl/N-ethyl adjacent to an activating group) is 1. The molecular formula is C40H60N6O2. The first-order chi connectivity index (χ1) is 23.4. The molecule has 3 aliphatic carbocycles. The number of carbonyl (C=O) groups is 1. The summed E-state index contributed by atoms with van der Waals surface area (Å²) in [6, 6.07) is 12.8. The molecule has 3 saturated heterocycles. The topological polar surface area (TPSA) is 75.1 Å². The molecule has 1 aromatic rings. The van der Waals surface area contributed by atoms with Gasteiger partial charge in [-0.3, -0.25) is 15.0 Å². The van der Waals surface area contributed by atoms with Crippen molar-refractivity contribution in [3.05, 3.63) is 48.0 Å². The molecule has 3 aliphatic heterocycles. The Balaban J connectivity index is 1.22. The minimum absolute atomic E-state index is 0.0492. The molecule has 262 valence electrons. The maximum Gasteiger partial charge on any atom is 0.246 e. The van der Waals surface area contributed by atoms with Gasteiger partial charge >= 0.3 is 0 Å². The molecule has 5 fully saturated rings. The van der Waals surface area contributed by atoms with Gasteiger partial charge in [0.05, 0.1) is 31.3 Å². The summed E-state index contributed by atoms with van der Waals surface area (Å²) in [7, 11) is 2.25. The van der Waals surface area contributed by atoms with E-state index >= 15 is 0 Å². The van der Waals surface area contributed by atoms with E-state index in [9.17, 15) is 10.1 Å². The molecular weight excluding hydrogens is 596 g/mol. The van der Waals surface area contributed by atoms with E-state index in [-0.39, 0.29) is 24.5 Å². The van der Waals surface area contributed by atoms with Crippen molar-refractivity contribution in [2.45, 2.75) is 139 Å². The highest BCUT2D eigenvalue weighted by Crippen LogP contribution is 2.54. The Hall–Kier alpha value is -2.28. The summed E-state index contributed by atoms with van der Waals surface area (Å²) >= 11 is 0. The largest absolute Gasteiger partial charge is 0.348 e. The van der Waals surface area contributed by atoms with Gasteiger partial charge in [-0.05, 0) is 99.9 Å². The molecule has 6 aliphatic rings. The van der Waals surface area contributed by atoms with Crippen molar-refractivity contribution in [3.63, 3.8) is 0 Å². The van der Waals surface area contributed by atoms with E-state index in [4.69, 9.17) is 4.74 Å². The van der Waals surface area contributed by atoms with E-state index in [1.165, 1.54) is 89.5 Å². The van der Waals surface area contributed by atoms with Crippen molar-refractivity contribution in [2.75, 3.05) is 39.8 Å². The summed E-state index contributed by atoms with van der Waals surface area (Å²) < 4.78 is 7.13. The highest BCUT2D eigenvalue weighted by molar-refractivity contribution is 5.87. The molecule has 3 heterocycles. The zero-order valence-electron chi connectivity index (χ0n) is 29.7. The Labute approximate surface area is 289 Å². The van der Waals surface area contributed by atoms with Gasteiger partial charge < -0.3 is 14.5 Å². The molecule has 7 rings (SSSR count). The third kappa shape index (κ3) is 6.88. The van der Waals surface area contributed by atoms with Crippen LogP contribution in [0.3, 0.4) is 0 Å². The Morgan fingerprint density at radius 3 is 2.62 bits per heavy atom. The van der Waals surface area contributed by atoms with E-state index in [1.807, 2.05) is 4.90 Å². The lowest BCUT2D eigenvalue weighted by Gasteiger charge is -2.61. The average molecular weight is 657 g/mol. The summed E-state index contributed by atoms with van der Waals surface area (Å²) in [6.07, 6.45) is 18.1. The number of amides is 1. The average Bonchev–Trinajstić information content (AvgIpc) is 3.31. The fraction of sp³-hybridized carbons (Fsp3) is 0.750. The van der Waals surface area contributed by atoms with E-state index in [0.29, 0.717) is 48.3 Å². The Morgan fingerprint density at radius 1 is 1.06 bits per heavy atom. The quantitative estimate of drug-likeness (QED) is 0.292. The Morgan fingerprint density at radius 2 is 1.88 bits per heavy atom. The molecule has 2 saturated carbocycles. The van der Waals surface area contributed by atoms with Crippen LogP contribution in [0.15, 0.2) is 36.9 Å². The summed E-state index contributed by atoms with van der Waals surface area (Å²) in [5.41, 5.74) is 3.42. The lowest BCUT2D eigenvalue weighted by molar-refractivity contribution is -0.218. The minimum Gasteiger partial charge on any atom is -0.348 e. The highest BCUT2D eigenvalue weighted by atomic mass is 16.5. The molecule has 1 amide bonds. The third-order valence-corrected chi connectivity index (χ3v) is 13.4. The van der Waals surface area contributed by atoms with Gasteiger partial charge in [-0.1, -0.05) is 63.5 Å². The van der Waals surface area contributed by atoms with Crippen molar-refractivity contribution >= 4 is 5.91 Å². The number of nitrogens with one attached hydrogen (secondary N) is 1. The van der Waals surface area contributed by atoms with Gasteiger partial charge in [-0.25, -0.2) is 4.90 Å². The van der Waals surface area contributed by atoms with Gasteiger partial charge in [-0.15, -0.1) is 0 Å². The second-order valence-corrected chi connectivity index (χ2v) is 16.4. The molecule has 48 heavy (non-hydrogen) atoms. The molecule has 8 heteroatoms. The molecule has 1 aromatic carbocycles. The van der Waals surface area contributed by atoms with Crippen LogP contribution in [0.1, 0.15) is 107 Å². The number of carbonyl (C=O) groups excluding carboxylic acids is 1. The van der Waals surface area contributed by atoms with Gasteiger partial charge in [0.15, 0.2) is 6.35 Å². The van der Waals surface area contributed by atoms with Gasteiger partial charge in [0, 0.05) is 43.7 Å². The second-order valence-electron chi connectivity index (χ2n) is 16.4. The zero-order valence-corrected chi connectivity index (χ0v) is 29.7. The van der Waals surface area contributed by atoms with Crippen LogP contribution < -0.4 is 5.32 Å². The maximum atomic E-state index is 12.9. The zero-order chi connectivity index (χ0) is 33.3. The van der Waals surface area contributed by atoms with E-state index in [2.05, 4.69) is 70.9 Å². The van der Waals surface area contributed by atoms with Crippen molar-refractivity contribution < 1.29 is 9.53 Å². The Kier molecular flexibility index (Phi) is 10.6. The number of fused-ring (bicyclic) bond motifs is 2. The predicted molar refractivity (Wildman–Crippen MR) is 190 cm³/mol. The van der Waals surface area contributed by atoms with Crippen LogP contribution in [-0.2, 0) is 16.0 Å². The van der Waals surface area contributed by atoms with Crippen molar-refractivity contribution in [2.24, 2.45) is 11.3 Å². The summed E-state index contributed by atoms with van der Waals surface area (Å²) in [6.45, 7) is 10.3. The van der Waals surface area contributed by atoms with Crippen LogP contribution in [0, 0.1) is 22.7 Å². The lowest BCUT2D eigenvalue weighted by Crippen LogP contribution is -2.75. The van der Waals surface area contributed by atoms with Crippen LogP contribution in [0.4, 0.5) is 0 Å². The smallest absolute Gasteiger partial charge is 0.246 e. The van der Waals surface area contributed by atoms with Crippen molar-refractivity contribution in [1.29, 1.82) is 5.26 Å². The van der Waals surface area contributed by atoms with Gasteiger partial charge in [0.25, 0.3) is 0 Å². The number of nitriles is 1. The second kappa shape index (κ2) is 14.9. The summed E-state index contributed by atoms with van der Waals surface area (Å²) in [5.74, 6) is 1.01. The van der Waals surface area contributed by atoms with E-state index in [1.54, 1.807) is 11.1 Å². The van der Waals surface area contributed by atoms with E-state index < -0.39 is 0 Å². The molecule has 7 unspecified atom stereocenters. The monoisotopic (exact) mass is 656 g/mol. The maximum absolute atomic E-state index is 12.9. The fourth-order valence-electron chi connectivity index (χ4n) is 11.1. The number of nitrogens with zero attached hydrogens (tertiary/aromatic N) is 5. The Bertz CT molecular complexity index is 1320. The molecule has 8 nitrogen and oxygen atoms in total. The SMILES string of the molecule is C=CC(=O)N1CCN(C2C3CC[C@@]4(Cc5ccccc5C(C)C4)CC3NC(OCC3CCCN3C)N2C2CCCCCC2)CC1CC#N. The molecule has 8 atom stereocenters. The van der Waals surface area contributed by atoms with Crippen LogP contribution in [0.5, 0.6) is 0 Å². The van der Waals surface area contributed by atoms with Crippen molar-refractivity contribution in [1.82, 2.24) is 24.9 Å². The highest BCUT2D eigenvalue weighted by Gasteiger charge is 2.54.